The first-order valence-corrected chi connectivity index (χ1v) is 7.14. The van der Waals surface area contributed by atoms with Gasteiger partial charge in [0.25, 0.3) is 5.56 Å². The average Bonchev–Trinajstić information content (AvgIpc) is 2.83. The van der Waals surface area contributed by atoms with Crippen LogP contribution in [0.15, 0.2) is 40.7 Å². The Hall–Kier alpha value is -1.86. The number of nitrogens with zero attached hydrogens (tertiary/aromatic N) is 5. The van der Waals surface area contributed by atoms with Gasteiger partial charge in [-0.1, -0.05) is 23.4 Å². The summed E-state index contributed by atoms with van der Waals surface area (Å²) in [6, 6.07) is 4.94. The van der Waals surface area contributed by atoms with Crippen LogP contribution >= 0.6 is 23.4 Å². The number of hydrogen-bond donors (Lipinski definition) is 0. The highest BCUT2D eigenvalue weighted by Gasteiger charge is 2.06. The Balaban J connectivity index is 1.91. The minimum atomic E-state index is -0.147. The van der Waals surface area contributed by atoms with Crippen LogP contribution in [-0.4, -0.2) is 24.1 Å². The molecule has 6 nitrogen and oxygen atoms in total. The van der Waals surface area contributed by atoms with E-state index in [-0.39, 0.29) is 5.56 Å². The molecule has 0 unspecified atom stereocenters. The largest absolute Gasteiger partial charge is 0.269 e. The Kier molecular flexibility index (Phi) is 3.45. The van der Waals surface area contributed by atoms with Crippen LogP contribution in [0, 0.1) is 0 Å². The second kappa shape index (κ2) is 5.26. The monoisotopic (exact) mass is 307 g/mol. The summed E-state index contributed by atoms with van der Waals surface area (Å²) in [6.45, 7) is 0. The van der Waals surface area contributed by atoms with Gasteiger partial charge in [0.15, 0.2) is 5.16 Å². The van der Waals surface area contributed by atoms with Gasteiger partial charge in [-0.3, -0.25) is 9.20 Å². The summed E-state index contributed by atoms with van der Waals surface area (Å²) >= 11 is 7.35. The molecule has 0 aliphatic carbocycles. The van der Waals surface area contributed by atoms with Crippen LogP contribution < -0.4 is 5.56 Å². The summed E-state index contributed by atoms with van der Waals surface area (Å²) in [4.78, 5) is 20.5. The molecule has 20 heavy (non-hydrogen) atoms. The molecular formula is C12H10ClN5OS. The number of aryl methyl sites for hydroxylation is 1. The van der Waals surface area contributed by atoms with Crippen LogP contribution in [0.1, 0.15) is 5.69 Å². The lowest BCUT2D eigenvalue weighted by Crippen LogP contribution is -2.15. The van der Waals surface area contributed by atoms with Gasteiger partial charge in [-0.15, -0.1) is 0 Å². The fraction of sp³-hybridized carbons (Fsp3) is 0.167. The third-order valence-corrected chi connectivity index (χ3v) is 3.99. The van der Waals surface area contributed by atoms with Crippen LogP contribution in [0.3, 0.4) is 0 Å². The van der Waals surface area contributed by atoms with Crippen LogP contribution in [-0.2, 0) is 12.8 Å². The SMILES string of the molecule is Cn1ncnc1SCc1cc(=O)n2cc(Cl)ccc2n1. The summed E-state index contributed by atoms with van der Waals surface area (Å²) in [5, 5.41) is 5.27. The van der Waals surface area contributed by atoms with Crippen molar-refractivity contribution in [3.8, 4) is 0 Å². The Morgan fingerprint density at radius 1 is 1.40 bits per heavy atom. The second-order valence-electron chi connectivity index (χ2n) is 4.12. The highest BCUT2D eigenvalue weighted by atomic mass is 35.5. The number of fused-ring (bicyclic) bond motifs is 1. The highest BCUT2D eigenvalue weighted by Crippen LogP contribution is 2.18. The lowest BCUT2D eigenvalue weighted by molar-refractivity contribution is 0.685. The van der Waals surface area contributed by atoms with Gasteiger partial charge in [0.05, 0.1) is 10.7 Å². The number of hydrogen-bond acceptors (Lipinski definition) is 5. The Morgan fingerprint density at radius 3 is 3.00 bits per heavy atom. The highest BCUT2D eigenvalue weighted by molar-refractivity contribution is 7.98. The minimum Gasteiger partial charge on any atom is -0.269 e. The van der Waals surface area contributed by atoms with Crippen molar-refractivity contribution >= 4 is 29.0 Å². The van der Waals surface area contributed by atoms with Crippen LogP contribution in [0.5, 0.6) is 0 Å². The van der Waals surface area contributed by atoms with E-state index in [2.05, 4.69) is 15.1 Å². The van der Waals surface area contributed by atoms with Crippen LogP contribution in [0.2, 0.25) is 5.02 Å². The van der Waals surface area contributed by atoms with E-state index in [9.17, 15) is 4.79 Å². The Morgan fingerprint density at radius 2 is 2.25 bits per heavy atom. The van der Waals surface area contributed by atoms with Gasteiger partial charge in [0.2, 0.25) is 0 Å². The van der Waals surface area contributed by atoms with E-state index in [0.29, 0.717) is 22.1 Å². The molecule has 0 amide bonds. The summed E-state index contributed by atoms with van der Waals surface area (Å²) in [6.07, 6.45) is 3.05. The van der Waals surface area contributed by atoms with Crippen molar-refractivity contribution in [3.63, 3.8) is 0 Å². The third-order valence-electron chi connectivity index (χ3n) is 2.70. The van der Waals surface area contributed by atoms with Gasteiger partial charge < -0.3 is 0 Å². The van der Waals surface area contributed by atoms with E-state index in [1.807, 2.05) is 7.05 Å². The molecule has 0 fully saturated rings. The normalized spacial score (nSPS) is 11.1. The van der Waals surface area contributed by atoms with Crippen molar-refractivity contribution in [3.05, 3.63) is 51.8 Å². The molecule has 0 radical (unpaired) electrons. The molecule has 3 heterocycles. The number of thioether (sulfide) groups is 1. The maximum absolute atomic E-state index is 12.0. The first-order chi connectivity index (χ1) is 9.63. The van der Waals surface area contributed by atoms with E-state index >= 15 is 0 Å². The molecule has 3 rings (SSSR count). The first-order valence-electron chi connectivity index (χ1n) is 5.78. The van der Waals surface area contributed by atoms with Crippen molar-refractivity contribution in [2.24, 2.45) is 7.05 Å². The first kappa shape index (κ1) is 13.1. The molecule has 0 spiro atoms. The average molecular weight is 308 g/mol. The van der Waals surface area contributed by atoms with Crippen LogP contribution in [0.25, 0.3) is 5.65 Å². The molecular weight excluding hydrogens is 298 g/mol. The number of aromatic nitrogens is 5. The molecule has 8 heteroatoms. The number of halogens is 1. The second-order valence-corrected chi connectivity index (χ2v) is 5.50. The molecule has 3 aromatic rings. The van der Waals surface area contributed by atoms with Gasteiger partial charge in [-0.05, 0) is 12.1 Å². The predicted molar refractivity (Wildman–Crippen MR) is 77.0 cm³/mol. The lowest BCUT2D eigenvalue weighted by Gasteiger charge is -2.04. The van der Waals surface area contributed by atoms with Crippen molar-refractivity contribution in [1.82, 2.24) is 24.1 Å². The molecule has 0 saturated carbocycles. The molecule has 0 aromatic carbocycles. The number of rotatable bonds is 3. The third kappa shape index (κ3) is 2.54. The van der Waals surface area contributed by atoms with Crippen molar-refractivity contribution < 1.29 is 0 Å². The summed E-state index contributed by atoms with van der Waals surface area (Å²) in [5.74, 6) is 0.556. The number of pyridine rings is 1. The fourth-order valence-electron chi connectivity index (χ4n) is 1.75. The Bertz CT molecular complexity index is 828. The molecule has 0 aliphatic heterocycles. The zero-order valence-corrected chi connectivity index (χ0v) is 12.1. The topological polar surface area (TPSA) is 65.1 Å². The molecule has 3 aromatic heterocycles. The summed E-state index contributed by atoms with van der Waals surface area (Å²) in [7, 11) is 1.82. The Labute approximate surface area is 123 Å². The van der Waals surface area contributed by atoms with Crippen molar-refractivity contribution in [2.75, 3.05) is 0 Å². The van der Waals surface area contributed by atoms with Gasteiger partial charge in [0.1, 0.15) is 12.0 Å². The van der Waals surface area contributed by atoms with E-state index < -0.39 is 0 Å². The van der Waals surface area contributed by atoms with Crippen molar-refractivity contribution in [2.45, 2.75) is 10.9 Å². The van der Waals surface area contributed by atoms with E-state index in [4.69, 9.17) is 11.6 Å². The standard InChI is InChI=1S/C12H10ClN5OS/c1-17-12(14-7-15-17)20-6-9-4-11(19)18-5-8(13)2-3-10(18)16-9/h2-5,7H,6H2,1H3. The van der Waals surface area contributed by atoms with Gasteiger partial charge in [-0.2, -0.15) is 5.10 Å². The quantitative estimate of drug-likeness (QED) is 0.690. The van der Waals surface area contributed by atoms with E-state index in [1.54, 1.807) is 23.0 Å². The molecule has 0 atom stereocenters. The molecule has 0 saturated heterocycles. The van der Waals surface area contributed by atoms with Gasteiger partial charge in [0, 0.05) is 25.1 Å². The van der Waals surface area contributed by atoms with Crippen LogP contribution in [0.4, 0.5) is 0 Å². The molecule has 0 bridgehead atoms. The van der Waals surface area contributed by atoms with Crippen molar-refractivity contribution in [1.29, 1.82) is 0 Å². The smallest absolute Gasteiger partial charge is 0.258 e. The summed E-state index contributed by atoms with van der Waals surface area (Å²) in [5.41, 5.74) is 1.13. The minimum absolute atomic E-state index is 0.147. The zero-order valence-electron chi connectivity index (χ0n) is 10.5. The summed E-state index contributed by atoms with van der Waals surface area (Å²) < 4.78 is 3.11. The molecule has 0 aliphatic rings. The van der Waals surface area contributed by atoms with E-state index in [0.717, 1.165) is 5.16 Å². The molecule has 102 valence electrons. The van der Waals surface area contributed by atoms with Gasteiger partial charge >= 0.3 is 0 Å². The lowest BCUT2D eigenvalue weighted by atomic mass is 10.4. The fourth-order valence-corrected chi connectivity index (χ4v) is 2.70. The zero-order chi connectivity index (χ0) is 14.1. The maximum atomic E-state index is 12.0. The van der Waals surface area contributed by atoms with E-state index in [1.165, 1.54) is 28.6 Å². The van der Waals surface area contributed by atoms with Gasteiger partial charge in [-0.25, -0.2) is 14.6 Å². The molecule has 0 N–H and O–H groups in total. The predicted octanol–water partition coefficient (Wildman–Crippen LogP) is 1.77. The maximum Gasteiger partial charge on any atom is 0.258 e.